The predicted octanol–water partition coefficient (Wildman–Crippen LogP) is 2.12. The minimum atomic E-state index is -4.45. The zero-order chi connectivity index (χ0) is 16.1. The van der Waals surface area contributed by atoms with E-state index in [0.717, 1.165) is 23.5 Å². The Bertz CT molecular complexity index is 928. The van der Waals surface area contributed by atoms with Crippen molar-refractivity contribution >= 4 is 26.3 Å². The summed E-state index contributed by atoms with van der Waals surface area (Å²) < 4.78 is 61.3. The van der Waals surface area contributed by atoms with Crippen LogP contribution in [0.2, 0.25) is 0 Å². The maximum Gasteiger partial charge on any atom is 0.416 e. The molecule has 2 N–H and O–H groups in total. The van der Waals surface area contributed by atoms with Gasteiger partial charge in [-0.05, 0) is 12.1 Å². The summed E-state index contributed by atoms with van der Waals surface area (Å²) in [4.78, 5) is 4.29. The highest BCUT2D eigenvalue weighted by Crippen LogP contribution is 2.32. The molecule has 0 fully saturated rings. The van der Waals surface area contributed by atoms with Gasteiger partial charge in [0, 0.05) is 5.56 Å². The number of imidazole rings is 1. The lowest BCUT2D eigenvalue weighted by molar-refractivity contribution is -0.137. The van der Waals surface area contributed by atoms with Crippen molar-refractivity contribution in [2.75, 3.05) is 0 Å². The van der Waals surface area contributed by atoms with Crippen molar-refractivity contribution in [2.45, 2.75) is 10.5 Å². The lowest BCUT2D eigenvalue weighted by Crippen LogP contribution is -2.12. The molecule has 0 amide bonds. The Morgan fingerprint density at radius 2 is 2.00 bits per heavy atom. The fourth-order valence-corrected chi connectivity index (χ4v) is 3.30. The maximum absolute atomic E-state index is 12.7. The minimum absolute atomic E-state index is 0.219. The van der Waals surface area contributed by atoms with Crippen LogP contribution in [0.25, 0.3) is 16.2 Å². The molecule has 3 rings (SSSR count). The lowest BCUT2D eigenvalue weighted by atomic mass is 10.1. The van der Waals surface area contributed by atoms with Crippen LogP contribution < -0.4 is 5.14 Å². The molecular weight excluding hydrogens is 341 g/mol. The molecule has 6 nitrogen and oxygen atoms in total. The van der Waals surface area contributed by atoms with Crippen LogP contribution in [-0.4, -0.2) is 23.0 Å². The molecule has 0 bridgehead atoms. The molecule has 1 aromatic carbocycles. The van der Waals surface area contributed by atoms with Crippen molar-refractivity contribution in [2.24, 2.45) is 5.14 Å². The van der Waals surface area contributed by atoms with Gasteiger partial charge in [0.1, 0.15) is 0 Å². The van der Waals surface area contributed by atoms with E-state index in [-0.39, 0.29) is 20.6 Å². The normalized spacial score (nSPS) is 12.9. The zero-order valence-electron chi connectivity index (χ0n) is 10.6. The Kier molecular flexibility index (Phi) is 3.23. The molecule has 0 unspecified atom stereocenters. The second-order valence-corrected chi connectivity index (χ2v) is 7.04. The van der Waals surface area contributed by atoms with Crippen molar-refractivity contribution in [3.05, 3.63) is 36.0 Å². The fraction of sp³-hybridized carbons (Fsp3) is 0.0909. The number of hydrogen-bond donors (Lipinski definition) is 1. The second kappa shape index (κ2) is 4.76. The monoisotopic (exact) mass is 348 g/mol. The second-order valence-electron chi connectivity index (χ2n) is 4.34. The number of benzene rings is 1. The highest BCUT2D eigenvalue weighted by atomic mass is 32.2. The van der Waals surface area contributed by atoms with E-state index in [0.29, 0.717) is 0 Å². The number of nitrogens with zero attached hydrogens (tertiary/aromatic N) is 3. The predicted molar refractivity (Wildman–Crippen MR) is 72.7 cm³/mol. The van der Waals surface area contributed by atoms with Crippen LogP contribution in [0.4, 0.5) is 13.2 Å². The third-order valence-electron chi connectivity index (χ3n) is 2.75. The summed E-state index contributed by atoms with van der Waals surface area (Å²) in [6.07, 6.45) is -3.11. The Balaban J connectivity index is 2.06. The summed E-state index contributed by atoms with van der Waals surface area (Å²) in [6, 6.07) is 4.67. The molecule has 0 radical (unpaired) electrons. The van der Waals surface area contributed by atoms with Crippen LogP contribution in [0, 0.1) is 0 Å². The largest absolute Gasteiger partial charge is 0.416 e. The quantitative estimate of drug-likeness (QED) is 0.768. The van der Waals surface area contributed by atoms with Crippen molar-refractivity contribution in [3.63, 3.8) is 0 Å². The number of aromatic nitrogens is 3. The van der Waals surface area contributed by atoms with Gasteiger partial charge in [-0.3, -0.25) is 0 Å². The summed E-state index contributed by atoms with van der Waals surface area (Å²) in [7, 11) is -3.94. The molecule has 0 saturated carbocycles. The minimum Gasteiger partial charge on any atom is -0.223 e. The molecule has 0 aliphatic carbocycles. The Morgan fingerprint density at radius 1 is 1.27 bits per heavy atom. The molecular formula is C11H7F3N4O2S2. The van der Waals surface area contributed by atoms with Crippen LogP contribution in [0.5, 0.6) is 0 Å². The average molecular weight is 348 g/mol. The van der Waals surface area contributed by atoms with Gasteiger partial charge in [-0.25, -0.2) is 23.1 Å². The molecule has 0 saturated heterocycles. The topological polar surface area (TPSA) is 90.4 Å². The zero-order valence-corrected chi connectivity index (χ0v) is 12.2. The number of fused-ring (bicyclic) bond motifs is 1. The molecule has 2 heterocycles. The number of sulfonamides is 1. The molecule has 22 heavy (non-hydrogen) atoms. The fourth-order valence-electron chi connectivity index (χ4n) is 1.79. The SMILES string of the molecule is NS(=O)(=O)c1nn2cc(-c3cccc(C(F)(F)F)c3)nc2s1. The summed E-state index contributed by atoms with van der Waals surface area (Å²) in [5.41, 5.74) is -0.282. The first-order chi connectivity index (χ1) is 10.1. The van der Waals surface area contributed by atoms with Crippen LogP contribution in [0.1, 0.15) is 5.56 Å². The molecule has 2 aromatic heterocycles. The Morgan fingerprint density at radius 3 is 2.59 bits per heavy atom. The summed E-state index contributed by atoms with van der Waals surface area (Å²) in [6.45, 7) is 0. The third kappa shape index (κ3) is 2.69. The van der Waals surface area contributed by atoms with E-state index in [4.69, 9.17) is 5.14 Å². The van der Waals surface area contributed by atoms with Crippen molar-refractivity contribution < 1.29 is 21.6 Å². The van der Waals surface area contributed by atoms with Crippen molar-refractivity contribution in [3.8, 4) is 11.3 Å². The van der Waals surface area contributed by atoms with Gasteiger partial charge in [0.25, 0.3) is 10.0 Å². The van der Waals surface area contributed by atoms with E-state index in [9.17, 15) is 21.6 Å². The van der Waals surface area contributed by atoms with Gasteiger partial charge < -0.3 is 0 Å². The van der Waals surface area contributed by atoms with Gasteiger partial charge in [0.2, 0.25) is 9.30 Å². The first kappa shape index (κ1) is 14.9. The number of halogens is 3. The molecule has 116 valence electrons. The highest BCUT2D eigenvalue weighted by Gasteiger charge is 2.30. The number of primary sulfonamides is 1. The van der Waals surface area contributed by atoms with E-state index >= 15 is 0 Å². The van der Waals surface area contributed by atoms with Crippen molar-refractivity contribution in [1.29, 1.82) is 0 Å². The van der Waals surface area contributed by atoms with E-state index in [2.05, 4.69) is 10.1 Å². The van der Waals surface area contributed by atoms with E-state index in [1.54, 1.807) is 0 Å². The van der Waals surface area contributed by atoms with Crippen molar-refractivity contribution in [1.82, 2.24) is 14.6 Å². The van der Waals surface area contributed by atoms with Gasteiger partial charge >= 0.3 is 6.18 Å². The third-order valence-corrected chi connectivity index (χ3v) is 4.99. The molecule has 0 aliphatic rings. The highest BCUT2D eigenvalue weighted by molar-refractivity contribution is 7.91. The van der Waals surface area contributed by atoms with Crippen LogP contribution in [0.15, 0.2) is 34.8 Å². The molecule has 11 heteroatoms. The standard InChI is InChI=1S/C11H7F3N4O2S2/c12-11(13,14)7-3-1-2-6(4-7)8-5-18-9(16-8)21-10(17-18)22(15,19)20/h1-5H,(H2,15,19,20). The van der Waals surface area contributed by atoms with Gasteiger partial charge in [-0.2, -0.15) is 13.2 Å². The van der Waals surface area contributed by atoms with Crippen LogP contribution in [-0.2, 0) is 16.2 Å². The van der Waals surface area contributed by atoms with Gasteiger partial charge in [-0.15, -0.1) is 5.10 Å². The number of hydrogen-bond acceptors (Lipinski definition) is 5. The van der Waals surface area contributed by atoms with Gasteiger partial charge in [-0.1, -0.05) is 23.5 Å². The number of alkyl halides is 3. The molecule has 0 spiro atoms. The first-order valence-electron chi connectivity index (χ1n) is 5.71. The van der Waals surface area contributed by atoms with Gasteiger partial charge in [0.05, 0.1) is 17.5 Å². The van der Waals surface area contributed by atoms with Crippen LogP contribution >= 0.6 is 11.3 Å². The summed E-state index contributed by atoms with van der Waals surface area (Å²) >= 11 is 0.735. The first-order valence-corrected chi connectivity index (χ1v) is 8.07. The van der Waals surface area contributed by atoms with Crippen LogP contribution in [0.3, 0.4) is 0 Å². The Labute approximate surface area is 126 Å². The summed E-state index contributed by atoms with van der Waals surface area (Å²) in [5.74, 6) is 0. The molecule has 0 aliphatic heterocycles. The molecule has 3 aromatic rings. The Hall–Kier alpha value is -1.98. The smallest absolute Gasteiger partial charge is 0.223 e. The maximum atomic E-state index is 12.7. The lowest BCUT2D eigenvalue weighted by Gasteiger charge is -2.07. The number of nitrogens with two attached hydrogens (primary N) is 1. The van der Waals surface area contributed by atoms with E-state index in [1.807, 2.05) is 0 Å². The molecule has 0 atom stereocenters. The average Bonchev–Trinajstić information content (AvgIpc) is 2.95. The van der Waals surface area contributed by atoms with Gasteiger partial charge in [0.15, 0.2) is 0 Å². The summed E-state index contributed by atoms with van der Waals surface area (Å²) in [5, 5.41) is 8.69. The number of rotatable bonds is 2. The van der Waals surface area contributed by atoms with E-state index < -0.39 is 21.8 Å². The van der Waals surface area contributed by atoms with E-state index in [1.165, 1.54) is 22.8 Å².